The van der Waals surface area contributed by atoms with Crippen molar-refractivity contribution in [2.75, 3.05) is 16.0 Å². The Morgan fingerprint density at radius 2 is 1.87 bits per heavy atom. The molecular formula is C24H29N5OS. The van der Waals surface area contributed by atoms with Gasteiger partial charge >= 0.3 is 6.03 Å². The Bertz CT molecular complexity index is 1070. The van der Waals surface area contributed by atoms with Gasteiger partial charge in [0.15, 0.2) is 5.13 Å². The molecule has 7 heteroatoms. The molecule has 3 N–H and O–H groups in total. The van der Waals surface area contributed by atoms with E-state index in [1.54, 1.807) is 6.20 Å². The molecule has 0 bridgehead atoms. The molecule has 0 spiro atoms. The largest absolute Gasteiger partial charge is 0.345 e. The second kappa shape index (κ2) is 9.75. The molecular weight excluding hydrogens is 406 g/mol. The van der Waals surface area contributed by atoms with E-state index < -0.39 is 0 Å². The monoisotopic (exact) mass is 435 g/mol. The van der Waals surface area contributed by atoms with Crippen LogP contribution in [0.2, 0.25) is 0 Å². The minimum Gasteiger partial charge on any atom is -0.345 e. The van der Waals surface area contributed by atoms with Gasteiger partial charge in [-0.3, -0.25) is 5.32 Å². The quantitative estimate of drug-likeness (QED) is 0.412. The molecule has 6 nitrogen and oxygen atoms in total. The molecule has 0 aliphatic rings. The van der Waals surface area contributed by atoms with Crippen LogP contribution in [0.5, 0.6) is 0 Å². The van der Waals surface area contributed by atoms with Gasteiger partial charge in [0.2, 0.25) is 0 Å². The summed E-state index contributed by atoms with van der Waals surface area (Å²) in [5.74, 6) is 0.795. The molecule has 0 atom stereocenters. The highest BCUT2D eigenvalue weighted by atomic mass is 32.1. The highest BCUT2D eigenvalue weighted by Crippen LogP contribution is 2.25. The third-order valence-electron chi connectivity index (χ3n) is 4.59. The molecule has 0 fully saturated rings. The van der Waals surface area contributed by atoms with Gasteiger partial charge in [-0.15, -0.1) is 11.3 Å². The lowest BCUT2D eigenvalue weighted by Crippen LogP contribution is -2.20. The summed E-state index contributed by atoms with van der Waals surface area (Å²) in [4.78, 5) is 22.1. The van der Waals surface area contributed by atoms with Crippen LogP contribution in [0, 0.1) is 0 Å². The van der Waals surface area contributed by atoms with Crippen LogP contribution in [0.1, 0.15) is 43.7 Å². The minimum absolute atomic E-state index is 0.0224. The highest BCUT2D eigenvalue weighted by molar-refractivity contribution is 7.15. The van der Waals surface area contributed by atoms with Gasteiger partial charge in [0.05, 0.1) is 0 Å². The normalized spacial score (nSPS) is 11.1. The van der Waals surface area contributed by atoms with Crippen LogP contribution in [-0.2, 0) is 18.3 Å². The Kier molecular flexibility index (Phi) is 7.07. The fraction of sp³-hybridized carbons (Fsp3) is 0.292. The Balaban J connectivity index is 1.54. The van der Waals surface area contributed by atoms with Crippen LogP contribution in [0.3, 0.4) is 0 Å². The van der Waals surface area contributed by atoms with Crippen molar-refractivity contribution in [3.63, 3.8) is 0 Å². The van der Waals surface area contributed by atoms with Crippen molar-refractivity contribution in [2.24, 2.45) is 0 Å². The van der Waals surface area contributed by atoms with Crippen molar-refractivity contribution in [3.05, 3.63) is 77.1 Å². The van der Waals surface area contributed by atoms with E-state index in [4.69, 9.17) is 0 Å². The number of nitrogens with zero attached hydrogens (tertiary/aromatic N) is 2. The molecule has 3 aromatic rings. The second-order valence-electron chi connectivity index (χ2n) is 8.50. The van der Waals surface area contributed by atoms with Crippen molar-refractivity contribution in [2.45, 2.75) is 46.0 Å². The number of allylic oxidation sites excluding steroid dienone is 1. The topological polar surface area (TPSA) is 78.9 Å². The first-order valence-corrected chi connectivity index (χ1v) is 11.0. The summed E-state index contributed by atoms with van der Waals surface area (Å²) in [6.45, 7) is 12.2. The zero-order valence-corrected chi connectivity index (χ0v) is 19.3. The van der Waals surface area contributed by atoms with Gasteiger partial charge in [0.25, 0.3) is 0 Å². The van der Waals surface area contributed by atoms with Crippen LogP contribution in [-0.4, -0.2) is 16.0 Å². The SMILES string of the molecule is C=C(C)Nc1cc(CCc2cnc(NC(=O)Nc3cccc(C(C)(C)C)c3)s2)ccn1. The number of thiazole rings is 1. The van der Waals surface area contributed by atoms with E-state index in [9.17, 15) is 4.79 Å². The van der Waals surface area contributed by atoms with E-state index in [0.29, 0.717) is 5.13 Å². The van der Waals surface area contributed by atoms with Crippen LogP contribution < -0.4 is 16.0 Å². The fourth-order valence-electron chi connectivity index (χ4n) is 2.99. The van der Waals surface area contributed by atoms with Gasteiger partial charge in [0.1, 0.15) is 5.82 Å². The number of urea groups is 1. The predicted molar refractivity (Wildman–Crippen MR) is 130 cm³/mol. The molecule has 0 unspecified atom stereocenters. The number of pyridine rings is 1. The smallest absolute Gasteiger partial charge is 0.325 e. The summed E-state index contributed by atoms with van der Waals surface area (Å²) >= 11 is 1.48. The molecule has 2 amide bonds. The maximum absolute atomic E-state index is 12.4. The summed E-state index contributed by atoms with van der Waals surface area (Å²) in [7, 11) is 0. The zero-order chi connectivity index (χ0) is 22.4. The standard InChI is InChI=1S/C24H29N5OS/c1-16(2)27-21-13-17(11-12-25-21)9-10-20-15-26-23(31-20)29-22(30)28-19-8-6-7-18(14-19)24(3,4)5/h6-8,11-15H,1,9-10H2,2-5H3,(H,25,27)(H2,26,28,29,30). The molecule has 3 rings (SSSR count). The van der Waals surface area contributed by atoms with Crippen molar-refractivity contribution in [1.82, 2.24) is 9.97 Å². The fourth-order valence-corrected chi connectivity index (χ4v) is 3.80. The van der Waals surface area contributed by atoms with E-state index in [-0.39, 0.29) is 11.4 Å². The number of nitrogens with one attached hydrogen (secondary N) is 3. The van der Waals surface area contributed by atoms with Crippen LogP contribution in [0.15, 0.2) is 61.1 Å². The molecule has 0 radical (unpaired) electrons. The number of carbonyl (C=O) groups is 1. The van der Waals surface area contributed by atoms with Crippen molar-refractivity contribution in [3.8, 4) is 0 Å². The number of hydrogen-bond acceptors (Lipinski definition) is 5. The van der Waals surface area contributed by atoms with Crippen molar-refractivity contribution >= 4 is 34.0 Å². The van der Waals surface area contributed by atoms with Crippen molar-refractivity contribution < 1.29 is 4.79 Å². The number of carbonyl (C=O) groups excluding carboxylic acids is 1. The molecule has 0 aliphatic carbocycles. The Morgan fingerprint density at radius 1 is 1.06 bits per heavy atom. The van der Waals surface area contributed by atoms with Gasteiger partial charge in [-0.25, -0.2) is 14.8 Å². The number of aryl methyl sites for hydroxylation is 2. The minimum atomic E-state index is -0.295. The third-order valence-corrected chi connectivity index (χ3v) is 5.56. The van der Waals surface area contributed by atoms with E-state index in [1.807, 2.05) is 43.5 Å². The zero-order valence-electron chi connectivity index (χ0n) is 18.5. The maximum atomic E-state index is 12.4. The highest BCUT2D eigenvalue weighted by Gasteiger charge is 2.14. The Morgan fingerprint density at radius 3 is 2.61 bits per heavy atom. The number of benzene rings is 1. The number of anilines is 3. The first kappa shape index (κ1) is 22.5. The molecule has 2 heterocycles. The number of rotatable bonds is 7. The lowest BCUT2D eigenvalue weighted by molar-refractivity contribution is 0.262. The summed E-state index contributed by atoms with van der Waals surface area (Å²) in [5, 5.41) is 9.43. The predicted octanol–water partition coefficient (Wildman–Crippen LogP) is 6.21. The van der Waals surface area contributed by atoms with Gasteiger partial charge in [0, 0.05) is 28.7 Å². The molecule has 162 valence electrons. The first-order chi connectivity index (χ1) is 14.7. The summed E-state index contributed by atoms with van der Waals surface area (Å²) in [5.41, 5.74) is 3.98. The molecule has 1 aromatic carbocycles. The lowest BCUT2D eigenvalue weighted by atomic mass is 9.87. The molecule has 0 aliphatic heterocycles. The Hall–Kier alpha value is -3.19. The van der Waals surface area contributed by atoms with Gasteiger partial charge < -0.3 is 10.6 Å². The third kappa shape index (κ3) is 6.93. The number of hydrogen-bond donors (Lipinski definition) is 3. The van der Waals surface area contributed by atoms with Crippen LogP contribution in [0.25, 0.3) is 0 Å². The summed E-state index contributed by atoms with van der Waals surface area (Å²) in [6.07, 6.45) is 5.31. The average Bonchev–Trinajstić information content (AvgIpc) is 3.13. The molecule has 31 heavy (non-hydrogen) atoms. The Labute approximate surface area is 187 Å². The number of amides is 2. The van der Waals surface area contributed by atoms with E-state index in [2.05, 4.69) is 59.3 Å². The number of aromatic nitrogens is 2. The summed E-state index contributed by atoms with van der Waals surface area (Å²) < 4.78 is 0. The van der Waals surface area contributed by atoms with E-state index in [0.717, 1.165) is 34.9 Å². The molecule has 0 saturated carbocycles. The van der Waals surface area contributed by atoms with Crippen LogP contribution in [0.4, 0.5) is 21.4 Å². The van der Waals surface area contributed by atoms with Gasteiger partial charge in [-0.1, -0.05) is 39.5 Å². The first-order valence-electron chi connectivity index (χ1n) is 10.2. The van der Waals surface area contributed by atoms with Crippen LogP contribution >= 0.6 is 11.3 Å². The second-order valence-corrected chi connectivity index (χ2v) is 9.61. The van der Waals surface area contributed by atoms with E-state index in [1.165, 1.54) is 22.5 Å². The molecule has 2 aromatic heterocycles. The average molecular weight is 436 g/mol. The lowest BCUT2D eigenvalue weighted by Gasteiger charge is -2.19. The van der Waals surface area contributed by atoms with Gasteiger partial charge in [-0.05, 0) is 60.6 Å². The van der Waals surface area contributed by atoms with E-state index >= 15 is 0 Å². The van der Waals surface area contributed by atoms with Crippen molar-refractivity contribution in [1.29, 1.82) is 0 Å². The van der Waals surface area contributed by atoms with Gasteiger partial charge in [-0.2, -0.15) is 0 Å². The maximum Gasteiger partial charge on any atom is 0.325 e. The summed E-state index contributed by atoms with van der Waals surface area (Å²) in [6, 6.07) is 11.6. The molecule has 0 saturated heterocycles.